The number of para-hydroxylation sites is 2. The van der Waals surface area contributed by atoms with E-state index in [9.17, 15) is 4.79 Å². The van der Waals surface area contributed by atoms with Crippen LogP contribution >= 0.6 is 0 Å². The first-order valence-electron chi connectivity index (χ1n) is 23.4. The highest BCUT2D eigenvalue weighted by Crippen LogP contribution is 2.29. The average Bonchev–Trinajstić information content (AvgIpc) is 3.23. The summed E-state index contributed by atoms with van der Waals surface area (Å²) in [4.78, 5) is 13.1. The molecule has 0 saturated heterocycles. The standard InChI is InChI=1S/C52H80O4/c1-4-6-8-10-12-14-16-18-20-21-23-25-27-31-43-54-45(3)46-35-37-47(38-36-46)48-39-41-49(42-40-48)52(53)56-51-34-30-29-33-50(51)55-44-32-28-26-24-22-19-17-15-13-11-9-7-5-2/h29-30,33-42,45H,4-28,31-32,43-44H2,1-3H3. The molecule has 0 aromatic heterocycles. The molecule has 1 atom stereocenters. The molecular formula is C52H80O4. The molecule has 56 heavy (non-hydrogen) atoms. The fourth-order valence-electron chi connectivity index (χ4n) is 7.51. The molecule has 0 aliphatic rings. The van der Waals surface area contributed by atoms with Crippen molar-refractivity contribution in [3.8, 4) is 22.6 Å². The van der Waals surface area contributed by atoms with E-state index >= 15 is 0 Å². The normalized spacial score (nSPS) is 11.8. The lowest BCUT2D eigenvalue weighted by atomic mass is 10.0. The fraction of sp³-hybridized carbons (Fsp3) is 0.635. The van der Waals surface area contributed by atoms with Gasteiger partial charge in [-0.25, -0.2) is 4.79 Å². The Balaban J connectivity index is 1.26. The zero-order chi connectivity index (χ0) is 39.7. The van der Waals surface area contributed by atoms with Crippen molar-refractivity contribution in [2.45, 2.75) is 200 Å². The molecule has 0 heterocycles. The van der Waals surface area contributed by atoms with Gasteiger partial charge in [0.25, 0.3) is 0 Å². The zero-order valence-electron chi connectivity index (χ0n) is 36.1. The molecule has 1 unspecified atom stereocenters. The van der Waals surface area contributed by atoms with Crippen LogP contribution in [0.3, 0.4) is 0 Å². The Labute approximate surface area is 343 Å². The molecule has 3 rings (SSSR count). The molecule has 3 aromatic carbocycles. The highest BCUT2D eigenvalue weighted by molar-refractivity contribution is 5.92. The zero-order valence-corrected chi connectivity index (χ0v) is 36.1. The predicted octanol–water partition coefficient (Wildman–Crippen LogP) is 16.6. The summed E-state index contributed by atoms with van der Waals surface area (Å²) in [5, 5.41) is 0. The third kappa shape index (κ3) is 21.4. The Morgan fingerprint density at radius 3 is 1.27 bits per heavy atom. The average molecular weight is 769 g/mol. The molecule has 0 N–H and O–H groups in total. The van der Waals surface area contributed by atoms with Gasteiger partial charge in [0.15, 0.2) is 11.5 Å². The Morgan fingerprint density at radius 2 is 0.821 bits per heavy atom. The van der Waals surface area contributed by atoms with Crippen LogP contribution < -0.4 is 9.47 Å². The van der Waals surface area contributed by atoms with Gasteiger partial charge in [-0.15, -0.1) is 0 Å². The van der Waals surface area contributed by atoms with Crippen LogP contribution in [0.15, 0.2) is 72.8 Å². The van der Waals surface area contributed by atoms with Crippen LogP contribution in [-0.4, -0.2) is 19.2 Å². The van der Waals surface area contributed by atoms with Gasteiger partial charge in [-0.2, -0.15) is 0 Å². The Hall–Kier alpha value is -3.11. The summed E-state index contributed by atoms with van der Waals surface area (Å²) in [5.41, 5.74) is 3.88. The first-order valence-corrected chi connectivity index (χ1v) is 23.4. The van der Waals surface area contributed by atoms with Crippen molar-refractivity contribution in [1.82, 2.24) is 0 Å². The van der Waals surface area contributed by atoms with Gasteiger partial charge in [0.1, 0.15) is 0 Å². The molecule has 0 bridgehead atoms. The quantitative estimate of drug-likeness (QED) is 0.0340. The van der Waals surface area contributed by atoms with E-state index in [0.29, 0.717) is 23.7 Å². The largest absolute Gasteiger partial charge is 0.490 e. The van der Waals surface area contributed by atoms with Crippen molar-refractivity contribution in [3.05, 3.63) is 83.9 Å². The monoisotopic (exact) mass is 769 g/mol. The molecular weight excluding hydrogens is 689 g/mol. The molecule has 0 radical (unpaired) electrons. The van der Waals surface area contributed by atoms with E-state index in [1.165, 1.54) is 166 Å². The number of carbonyl (C=O) groups is 1. The number of unbranched alkanes of at least 4 members (excludes halogenated alkanes) is 25. The Kier molecular flexibility index (Phi) is 26.9. The summed E-state index contributed by atoms with van der Waals surface area (Å²) in [5.74, 6) is 0.704. The van der Waals surface area contributed by atoms with Crippen molar-refractivity contribution >= 4 is 5.97 Å². The minimum Gasteiger partial charge on any atom is -0.490 e. The predicted molar refractivity (Wildman–Crippen MR) is 239 cm³/mol. The lowest BCUT2D eigenvalue weighted by Crippen LogP contribution is -2.10. The molecule has 312 valence electrons. The second-order valence-corrected chi connectivity index (χ2v) is 16.2. The SMILES string of the molecule is CCCCCCCCCCCCCCCCOC(C)c1ccc(-c2ccc(C(=O)Oc3ccccc3OCCCCCCCCCCCCCCC)cc2)cc1. The van der Waals surface area contributed by atoms with Gasteiger partial charge in [0.2, 0.25) is 0 Å². The smallest absolute Gasteiger partial charge is 0.343 e. The highest BCUT2D eigenvalue weighted by atomic mass is 16.6. The first kappa shape index (κ1) is 47.3. The number of esters is 1. The maximum atomic E-state index is 13.1. The van der Waals surface area contributed by atoms with E-state index in [2.05, 4.69) is 45.0 Å². The van der Waals surface area contributed by atoms with Crippen LogP contribution in [0.2, 0.25) is 0 Å². The van der Waals surface area contributed by atoms with E-state index in [0.717, 1.165) is 30.6 Å². The Morgan fingerprint density at radius 1 is 0.446 bits per heavy atom. The van der Waals surface area contributed by atoms with Crippen LogP contribution in [0.4, 0.5) is 0 Å². The van der Waals surface area contributed by atoms with Gasteiger partial charge in [-0.05, 0) is 60.7 Å². The van der Waals surface area contributed by atoms with Crippen molar-refractivity contribution in [3.63, 3.8) is 0 Å². The summed E-state index contributed by atoms with van der Waals surface area (Å²) in [7, 11) is 0. The van der Waals surface area contributed by atoms with E-state index < -0.39 is 0 Å². The summed E-state index contributed by atoms with van der Waals surface area (Å²) < 4.78 is 18.0. The van der Waals surface area contributed by atoms with Crippen LogP contribution in [-0.2, 0) is 4.74 Å². The molecule has 3 aromatic rings. The molecule has 0 amide bonds. The second-order valence-electron chi connectivity index (χ2n) is 16.2. The third-order valence-electron chi connectivity index (χ3n) is 11.3. The number of hydrogen-bond acceptors (Lipinski definition) is 4. The summed E-state index contributed by atoms with van der Waals surface area (Å²) in [6.45, 7) is 8.15. The van der Waals surface area contributed by atoms with E-state index in [1.807, 2.05) is 42.5 Å². The molecule has 0 aliphatic carbocycles. The summed E-state index contributed by atoms with van der Waals surface area (Å²) in [6.07, 6.45) is 36.4. The summed E-state index contributed by atoms with van der Waals surface area (Å²) in [6, 6.07) is 23.7. The van der Waals surface area contributed by atoms with Crippen LogP contribution in [0, 0.1) is 0 Å². The molecule has 0 saturated carbocycles. The minimum atomic E-state index is -0.381. The number of benzene rings is 3. The lowest BCUT2D eigenvalue weighted by Gasteiger charge is -2.14. The molecule has 0 spiro atoms. The molecule has 0 aliphatic heterocycles. The van der Waals surface area contributed by atoms with Gasteiger partial charge < -0.3 is 14.2 Å². The molecule has 4 nitrogen and oxygen atoms in total. The van der Waals surface area contributed by atoms with E-state index in [4.69, 9.17) is 14.2 Å². The Bertz CT molecular complexity index is 1360. The summed E-state index contributed by atoms with van der Waals surface area (Å²) >= 11 is 0. The fourth-order valence-corrected chi connectivity index (χ4v) is 7.51. The first-order chi connectivity index (χ1) is 27.6. The number of hydrogen-bond donors (Lipinski definition) is 0. The van der Waals surface area contributed by atoms with Crippen molar-refractivity contribution in [2.24, 2.45) is 0 Å². The third-order valence-corrected chi connectivity index (χ3v) is 11.3. The number of ether oxygens (including phenoxy) is 3. The van der Waals surface area contributed by atoms with Crippen LogP contribution in [0.1, 0.15) is 216 Å². The maximum absolute atomic E-state index is 13.1. The van der Waals surface area contributed by atoms with E-state index in [1.54, 1.807) is 6.07 Å². The maximum Gasteiger partial charge on any atom is 0.343 e. The number of carbonyl (C=O) groups excluding carboxylic acids is 1. The van der Waals surface area contributed by atoms with Gasteiger partial charge in [0.05, 0.1) is 18.3 Å². The van der Waals surface area contributed by atoms with Gasteiger partial charge in [-0.3, -0.25) is 0 Å². The van der Waals surface area contributed by atoms with Crippen molar-refractivity contribution in [1.29, 1.82) is 0 Å². The van der Waals surface area contributed by atoms with Crippen LogP contribution in [0.5, 0.6) is 11.5 Å². The highest BCUT2D eigenvalue weighted by Gasteiger charge is 2.13. The molecule has 0 fully saturated rings. The van der Waals surface area contributed by atoms with Crippen molar-refractivity contribution in [2.75, 3.05) is 13.2 Å². The topological polar surface area (TPSA) is 44.8 Å². The van der Waals surface area contributed by atoms with E-state index in [-0.39, 0.29) is 12.1 Å². The van der Waals surface area contributed by atoms with Crippen LogP contribution in [0.25, 0.3) is 11.1 Å². The lowest BCUT2D eigenvalue weighted by molar-refractivity contribution is 0.0627. The van der Waals surface area contributed by atoms with Gasteiger partial charge in [0, 0.05) is 6.61 Å². The second kappa shape index (κ2) is 31.9. The van der Waals surface area contributed by atoms with Crippen molar-refractivity contribution < 1.29 is 19.0 Å². The minimum absolute atomic E-state index is 0.0735. The molecule has 4 heteroatoms. The van der Waals surface area contributed by atoms with Gasteiger partial charge >= 0.3 is 5.97 Å². The van der Waals surface area contributed by atoms with Gasteiger partial charge in [-0.1, -0.05) is 223 Å². The number of rotatable bonds is 35.